The minimum Gasteiger partial charge on any atom is -0.496 e. The van der Waals surface area contributed by atoms with Gasteiger partial charge in [-0.2, -0.15) is 0 Å². The Morgan fingerprint density at radius 2 is 2.00 bits per heavy atom. The first kappa shape index (κ1) is 12.6. The van der Waals surface area contributed by atoms with Crippen molar-refractivity contribution in [3.05, 3.63) is 52.8 Å². The molecule has 0 atom stereocenters. The quantitative estimate of drug-likeness (QED) is 0.948. The lowest BCUT2D eigenvalue weighted by atomic mass is 10.2. The summed E-state index contributed by atoms with van der Waals surface area (Å²) in [6, 6.07) is 8.73. The van der Waals surface area contributed by atoms with E-state index in [4.69, 9.17) is 4.74 Å². The van der Waals surface area contributed by atoms with Gasteiger partial charge in [0.25, 0.3) is 5.91 Å². The highest BCUT2D eigenvalue weighted by Gasteiger charge is 2.12. The minimum absolute atomic E-state index is 0.223. The SMILES string of the molecule is COc1ccc(Br)cc1C(=O)Nc1ccncc1. The summed E-state index contributed by atoms with van der Waals surface area (Å²) in [5, 5.41) is 2.78. The molecule has 5 heteroatoms. The molecule has 1 heterocycles. The monoisotopic (exact) mass is 306 g/mol. The molecule has 1 amide bonds. The summed E-state index contributed by atoms with van der Waals surface area (Å²) < 4.78 is 5.99. The fourth-order valence-corrected chi connectivity index (χ4v) is 1.85. The van der Waals surface area contributed by atoms with Crippen LogP contribution in [0.4, 0.5) is 5.69 Å². The van der Waals surface area contributed by atoms with Gasteiger partial charge in [0.05, 0.1) is 12.7 Å². The van der Waals surface area contributed by atoms with Crippen molar-refractivity contribution in [1.82, 2.24) is 4.98 Å². The van der Waals surface area contributed by atoms with Crippen LogP contribution in [0.3, 0.4) is 0 Å². The molecule has 0 saturated carbocycles. The lowest BCUT2D eigenvalue weighted by Gasteiger charge is -2.09. The predicted octanol–water partition coefficient (Wildman–Crippen LogP) is 3.11. The molecular formula is C13H11BrN2O2. The second-order valence-corrected chi connectivity index (χ2v) is 4.45. The van der Waals surface area contributed by atoms with Gasteiger partial charge in [-0.05, 0) is 30.3 Å². The zero-order valence-electron chi connectivity index (χ0n) is 9.68. The lowest BCUT2D eigenvalue weighted by molar-refractivity contribution is 0.102. The van der Waals surface area contributed by atoms with Crippen molar-refractivity contribution >= 4 is 27.5 Å². The average Bonchev–Trinajstić information content (AvgIpc) is 2.40. The Hall–Kier alpha value is -1.88. The third-order valence-corrected chi connectivity index (χ3v) is 2.84. The summed E-state index contributed by atoms with van der Waals surface area (Å²) in [7, 11) is 1.53. The predicted molar refractivity (Wildman–Crippen MR) is 72.9 cm³/mol. The molecule has 2 aromatic rings. The molecule has 0 aliphatic rings. The second-order valence-electron chi connectivity index (χ2n) is 3.53. The Bertz CT molecular complexity index is 558. The molecule has 0 spiro atoms. The third-order valence-electron chi connectivity index (χ3n) is 2.34. The van der Waals surface area contributed by atoms with E-state index in [-0.39, 0.29) is 5.91 Å². The summed E-state index contributed by atoms with van der Waals surface area (Å²) in [5.41, 5.74) is 1.17. The number of nitrogens with zero attached hydrogens (tertiary/aromatic N) is 1. The molecule has 0 saturated heterocycles. The van der Waals surface area contributed by atoms with Gasteiger partial charge in [-0.15, -0.1) is 0 Å². The fourth-order valence-electron chi connectivity index (χ4n) is 1.49. The maximum Gasteiger partial charge on any atom is 0.259 e. The van der Waals surface area contributed by atoms with E-state index in [1.807, 2.05) is 6.07 Å². The Balaban J connectivity index is 2.26. The molecule has 0 fully saturated rings. The number of pyridine rings is 1. The van der Waals surface area contributed by atoms with Gasteiger partial charge in [0.1, 0.15) is 5.75 Å². The van der Waals surface area contributed by atoms with Crippen molar-refractivity contribution < 1.29 is 9.53 Å². The Labute approximate surface area is 113 Å². The van der Waals surface area contributed by atoms with Crippen LogP contribution in [-0.2, 0) is 0 Å². The van der Waals surface area contributed by atoms with Gasteiger partial charge in [-0.3, -0.25) is 9.78 Å². The minimum atomic E-state index is -0.223. The highest BCUT2D eigenvalue weighted by atomic mass is 79.9. The number of methoxy groups -OCH3 is 1. The topological polar surface area (TPSA) is 51.2 Å². The standard InChI is InChI=1S/C13H11BrN2O2/c1-18-12-3-2-9(14)8-11(12)13(17)16-10-4-6-15-7-5-10/h2-8H,1H3,(H,15,16,17). The molecule has 4 nitrogen and oxygen atoms in total. The number of benzene rings is 1. The molecule has 0 aliphatic carbocycles. The van der Waals surface area contributed by atoms with Crippen molar-refractivity contribution in [2.45, 2.75) is 0 Å². The molecule has 1 aromatic heterocycles. The maximum atomic E-state index is 12.1. The summed E-state index contributed by atoms with van der Waals surface area (Å²) in [6.45, 7) is 0. The summed E-state index contributed by atoms with van der Waals surface area (Å²) in [6.07, 6.45) is 3.24. The van der Waals surface area contributed by atoms with E-state index in [9.17, 15) is 4.79 Å². The number of halogens is 1. The summed E-state index contributed by atoms with van der Waals surface area (Å²) >= 11 is 3.33. The molecule has 92 valence electrons. The molecule has 1 N–H and O–H groups in total. The number of anilines is 1. The first-order valence-corrected chi connectivity index (χ1v) is 6.05. The highest BCUT2D eigenvalue weighted by Crippen LogP contribution is 2.23. The van der Waals surface area contributed by atoms with E-state index < -0.39 is 0 Å². The van der Waals surface area contributed by atoms with Crippen LogP contribution in [0, 0.1) is 0 Å². The molecule has 2 rings (SSSR count). The van der Waals surface area contributed by atoms with Gasteiger partial charge in [-0.1, -0.05) is 15.9 Å². The van der Waals surface area contributed by atoms with Crippen LogP contribution < -0.4 is 10.1 Å². The second kappa shape index (κ2) is 5.64. The lowest BCUT2D eigenvalue weighted by Crippen LogP contribution is -2.13. The van der Waals surface area contributed by atoms with Crippen LogP contribution in [-0.4, -0.2) is 18.0 Å². The number of rotatable bonds is 3. The largest absolute Gasteiger partial charge is 0.496 e. The Kier molecular flexibility index (Phi) is 3.94. The van der Waals surface area contributed by atoms with E-state index in [1.54, 1.807) is 36.7 Å². The molecule has 0 unspecified atom stereocenters. The zero-order chi connectivity index (χ0) is 13.0. The highest BCUT2D eigenvalue weighted by molar-refractivity contribution is 9.10. The summed E-state index contributed by atoms with van der Waals surface area (Å²) in [5.74, 6) is 0.309. The number of aromatic nitrogens is 1. The van der Waals surface area contributed by atoms with Crippen molar-refractivity contribution in [1.29, 1.82) is 0 Å². The normalized spacial score (nSPS) is 9.89. The maximum absolute atomic E-state index is 12.1. The smallest absolute Gasteiger partial charge is 0.259 e. The Morgan fingerprint density at radius 3 is 2.67 bits per heavy atom. The molecule has 0 aliphatic heterocycles. The molecule has 0 bridgehead atoms. The van der Waals surface area contributed by atoms with Crippen LogP contribution in [0.25, 0.3) is 0 Å². The van der Waals surface area contributed by atoms with E-state index in [2.05, 4.69) is 26.2 Å². The number of hydrogen-bond acceptors (Lipinski definition) is 3. The summed E-state index contributed by atoms with van der Waals surface area (Å²) in [4.78, 5) is 16.0. The zero-order valence-corrected chi connectivity index (χ0v) is 11.3. The van der Waals surface area contributed by atoms with Gasteiger partial charge in [0.2, 0.25) is 0 Å². The average molecular weight is 307 g/mol. The van der Waals surface area contributed by atoms with Crippen LogP contribution in [0.2, 0.25) is 0 Å². The van der Waals surface area contributed by atoms with Crippen LogP contribution in [0.15, 0.2) is 47.2 Å². The van der Waals surface area contributed by atoms with Gasteiger partial charge < -0.3 is 10.1 Å². The molecular weight excluding hydrogens is 296 g/mol. The van der Waals surface area contributed by atoms with E-state index in [0.29, 0.717) is 17.0 Å². The van der Waals surface area contributed by atoms with E-state index >= 15 is 0 Å². The van der Waals surface area contributed by atoms with Gasteiger partial charge in [-0.25, -0.2) is 0 Å². The van der Waals surface area contributed by atoms with Crippen molar-refractivity contribution in [2.24, 2.45) is 0 Å². The van der Waals surface area contributed by atoms with Gasteiger partial charge in [0.15, 0.2) is 0 Å². The van der Waals surface area contributed by atoms with Crippen molar-refractivity contribution in [3.8, 4) is 5.75 Å². The first-order chi connectivity index (χ1) is 8.70. The number of amides is 1. The number of carbonyl (C=O) groups is 1. The van der Waals surface area contributed by atoms with Crippen LogP contribution >= 0.6 is 15.9 Å². The number of ether oxygens (including phenoxy) is 1. The van der Waals surface area contributed by atoms with Crippen molar-refractivity contribution in [3.63, 3.8) is 0 Å². The molecule has 18 heavy (non-hydrogen) atoms. The number of nitrogens with one attached hydrogen (secondary N) is 1. The fraction of sp³-hybridized carbons (Fsp3) is 0.0769. The van der Waals surface area contributed by atoms with Gasteiger partial charge >= 0.3 is 0 Å². The van der Waals surface area contributed by atoms with E-state index in [1.165, 1.54) is 7.11 Å². The van der Waals surface area contributed by atoms with Crippen molar-refractivity contribution in [2.75, 3.05) is 12.4 Å². The van der Waals surface area contributed by atoms with E-state index in [0.717, 1.165) is 4.47 Å². The third kappa shape index (κ3) is 2.87. The van der Waals surface area contributed by atoms with Crippen LogP contribution in [0.1, 0.15) is 10.4 Å². The number of hydrogen-bond donors (Lipinski definition) is 1. The van der Waals surface area contributed by atoms with Gasteiger partial charge in [0, 0.05) is 22.6 Å². The van der Waals surface area contributed by atoms with Crippen LogP contribution in [0.5, 0.6) is 5.75 Å². The molecule has 0 radical (unpaired) electrons. The Morgan fingerprint density at radius 1 is 1.28 bits per heavy atom. The molecule has 1 aromatic carbocycles. The number of carbonyl (C=O) groups excluding carboxylic acids is 1. The first-order valence-electron chi connectivity index (χ1n) is 5.25.